The lowest BCUT2D eigenvalue weighted by molar-refractivity contribution is 0.0948. The maximum Gasteiger partial charge on any atom is 0.283 e. The monoisotopic (exact) mass is 220 g/mol. The molecular formula is C11H16N4O. The Balaban J connectivity index is 2.06. The zero-order valence-electron chi connectivity index (χ0n) is 9.31. The fourth-order valence-corrected chi connectivity index (χ4v) is 1.67. The van der Waals surface area contributed by atoms with Crippen LogP contribution in [0.1, 0.15) is 29.0 Å². The summed E-state index contributed by atoms with van der Waals surface area (Å²) in [6.07, 6.45) is 2.53. The molecule has 1 amide bonds. The molecule has 0 saturated heterocycles. The number of pyridine rings is 1. The Morgan fingerprint density at radius 3 is 3.00 bits per heavy atom. The van der Waals surface area contributed by atoms with E-state index in [-0.39, 0.29) is 5.91 Å². The van der Waals surface area contributed by atoms with E-state index < -0.39 is 0 Å². The Hall–Kier alpha value is -1.46. The molecule has 0 unspecified atom stereocenters. The van der Waals surface area contributed by atoms with E-state index >= 15 is 0 Å². The molecule has 1 aromatic rings. The molecule has 5 heteroatoms. The SMILES string of the molecule is CN(Cc1cccc(C(=O)NN)n1)C1CC1. The number of amides is 1. The summed E-state index contributed by atoms with van der Waals surface area (Å²) in [6.45, 7) is 0.774. The number of nitrogens with two attached hydrogens (primary N) is 1. The van der Waals surface area contributed by atoms with Gasteiger partial charge < -0.3 is 0 Å². The van der Waals surface area contributed by atoms with E-state index in [1.54, 1.807) is 6.07 Å². The summed E-state index contributed by atoms with van der Waals surface area (Å²) >= 11 is 0. The van der Waals surface area contributed by atoms with E-state index in [0.717, 1.165) is 12.2 Å². The third-order valence-electron chi connectivity index (χ3n) is 2.75. The van der Waals surface area contributed by atoms with Crippen molar-refractivity contribution in [1.82, 2.24) is 15.3 Å². The smallest absolute Gasteiger partial charge is 0.283 e. The van der Waals surface area contributed by atoms with E-state index in [0.29, 0.717) is 11.7 Å². The van der Waals surface area contributed by atoms with Crippen molar-refractivity contribution in [3.63, 3.8) is 0 Å². The Bertz CT molecular complexity index is 389. The number of nitrogens with one attached hydrogen (secondary N) is 1. The van der Waals surface area contributed by atoms with Gasteiger partial charge in [0, 0.05) is 12.6 Å². The summed E-state index contributed by atoms with van der Waals surface area (Å²) in [7, 11) is 2.08. The average molecular weight is 220 g/mol. The number of carbonyl (C=O) groups excluding carboxylic acids is 1. The zero-order valence-corrected chi connectivity index (χ0v) is 9.31. The number of rotatable bonds is 4. The highest BCUT2D eigenvalue weighted by atomic mass is 16.2. The molecule has 3 N–H and O–H groups in total. The molecule has 0 aliphatic heterocycles. The van der Waals surface area contributed by atoms with Crippen LogP contribution in [-0.2, 0) is 6.54 Å². The molecule has 2 rings (SSSR count). The Kier molecular flexibility index (Phi) is 3.17. The normalized spacial score (nSPS) is 15.2. The molecule has 1 heterocycles. The van der Waals surface area contributed by atoms with Crippen molar-refractivity contribution < 1.29 is 4.79 Å². The maximum absolute atomic E-state index is 11.3. The number of hydrogen-bond acceptors (Lipinski definition) is 4. The van der Waals surface area contributed by atoms with Gasteiger partial charge in [-0.15, -0.1) is 0 Å². The summed E-state index contributed by atoms with van der Waals surface area (Å²) in [5.74, 6) is 4.71. The molecule has 1 fully saturated rings. The van der Waals surface area contributed by atoms with Gasteiger partial charge in [-0.05, 0) is 32.0 Å². The molecule has 1 aromatic heterocycles. The van der Waals surface area contributed by atoms with Gasteiger partial charge in [-0.2, -0.15) is 0 Å². The molecule has 0 atom stereocenters. The van der Waals surface area contributed by atoms with Crippen LogP contribution in [0.4, 0.5) is 0 Å². The minimum atomic E-state index is -0.351. The predicted octanol–water partition coefficient (Wildman–Crippen LogP) is 0.279. The molecule has 0 aromatic carbocycles. The third kappa shape index (κ3) is 2.56. The van der Waals surface area contributed by atoms with Gasteiger partial charge in [-0.3, -0.25) is 15.1 Å². The van der Waals surface area contributed by atoms with Crippen molar-refractivity contribution in [3.05, 3.63) is 29.6 Å². The number of hydrazine groups is 1. The highest BCUT2D eigenvalue weighted by Crippen LogP contribution is 2.26. The summed E-state index contributed by atoms with van der Waals surface area (Å²) in [5, 5.41) is 0. The summed E-state index contributed by atoms with van der Waals surface area (Å²) in [5.41, 5.74) is 3.35. The van der Waals surface area contributed by atoms with E-state index in [2.05, 4.69) is 22.4 Å². The van der Waals surface area contributed by atoms with Crippen LogP contribution >= 0.6 is 0 Å². The largest absolute Gasteiger partial charge is 0.298 e. The predicted molar refractivity (Wildman–Crippen MR) is 60.4 cm³/mol. The van der Waals surface area contributed by atoms with Crippen molar-refractivity contribution in [1.29, 1.82) is 0 Å². The van der Waals surface area contributed by atoms with Crippen LogP contribution in [0.2, 0.25) is 0 Å². The van der Waals surface area contributed by atoms with Crippen molar-refractivity contribution in [2.75, 3.05) is 7.05 Å². The van der Waals surface area contributed by atoms with E-state index in [1.807, 2.05) is 12.1 Å². The van der Waals surface area contributed by atoms with Crippen LogP contribution in [0.5, 0.6) is 0 Å². The molecule has 0 bridgehead atoms. The summed E-state index contributed by atoms with van der Waals surface area (Å²) in [4.78, 5) is 17.8. The van der Waals surface area contributed by atoms with Crippen LogP contribution in [0.15, 0.2) is 18.2 Å². The molecule has 1 aliphatic carbocycles. The fourth-order valence-electron chi connectivity index (χ4n) is 1.67. The zero-order chi connectivity index (χ0) is 11.5. The number of hydrogen-bond donors (Lipinski definition) is 2. The third-order valence-corrected chi connectivity index (χ3v) is 2.75. The Morgan fingerprint density at radius 2 is 2.38 bits per heavy atom. The highest BCUT2D eigenvalue weighted by Gasteiger charge is 2.26. The quantitative estimate of drug-likeness (QED) is 0.434. The molecule has 0 spiro atoms. The molecule has 16 heavy (non-hydrogen) atoms. The topological polar surface area (TPSA) is 71.2 Å². The minimum absolute atomic E-state index is 0.351. The van der Waals surface area contributed by atoms with Crippen LogP contribution in [0, 0.1) is 0 Å². The van der Waals surface area contributed by atoms with Gasteiger partial charge in [0.25, 0.3) is 5.91 Å². The van der Waals surface area contributed by atoms with Gasteiger partial charge in [0.05, 0.1) is 5.69 Å². The van der Waals surface area contributed by atoms with E-state index in [1.165, 1.54) is 12.8 Å². The molecule has 1 aliphatic rings. The van der Waals surface area contributed by atoms with Gasteiger partial charge in [-0.1, -0.05) is 6.07 Å². The van der Waals surface area contributed by atoms with Crippen LogP contribution < -0.4 is 11.3 Å². The number of carbonyl (C=O) groups is 1. The van der Waals surface area contributed by atoms with Gasteiger partial charge in [-0.25, -0.2) is 10.8 Å². The van der Waals surface area contributed by atoms with Crippen LogP contribution in [0.25, 0.3) is 0 Å². The van der Waals surface area contributed by atoms with E-state index in [9.17, 15) is 4.79 Å². The van der Waals surface area contributed by atoms with Gasteiger partial charge >= 0.3 is 0 Å². The lowest BCUT2D eigenvalue weighted by Gasteiger charge is -2.15. The summed E-state index contributed by atoms with van der Waals surface area (Å²) in [6, 6.07) is 6.09. The minimum Gasteiger partial charge on any atom is -0.298 e. The Morgan fingerprint density at radius 1 is 1.62 bits per heavy atom. The van der Waals surface area contributed by atoms with Gasteiger partial charge in [0.1, 0.15) is 5.69 Å². The first-order chi connectivity index (χ1) is 7.70. The lowest BCUT2D eigenvalue weighted by Crippen LogP contribution is -2.31. The van der Waals surface area contributed by atoms with E-state index in [4.69, 9.17) is 5.84 Å². The maximum atomic E-state index is 11.3. The van der Waals surface area contributed by atoms with Crippen molar-refractivity contribution in [2.45, 2.75) is 25.4 Å². The lowest BCUT2D eigenvalue weighted by atomic mass is 10.3. The first-order valence-electron chi connectivity index (χ1n) is 5.38. The van der Waals surface area contributed by atoms with Crippen LogP contribution in [0.3, 0.4) is 0 Å². The number of nitrogen functional groups attached to an aromatic ring is 1. The molecule has 0 radical (unpaired) electrons. The highest BCUT2D eigenvalue weighted by molar-refractivity contribution is 5.91. The standard InChI is InChI=1S/C11H16N4O/c1-15(9-5-6-9)7-8-3-2-4-10(13-8)11(16)14-12/h2-4,9H,5-7,12H2,1H3,(H,14,16). The van der Waals surface area contributed by atoms with Crippen molar-refractivity contribution in [2.24, 2.45) is 5.84 Å². The molecule has 5 nitrogen and oxygen atoms in total. The second-order valence-electron chi connectivity index (χ2n) is 4.13. The first kappa shape index (κ1) is 11.0. The number of nitrogens with zero attached hydrogens (tertiary/aromatic N) is 2. The van der Waals surface area contributed by atoms with Crippen molar-refractivity contribution >= 4 is 5.91 Å². The summed E-state index contributed by atoms with van der Waals surface area (Å²) < 4.78 is 0. The fraction of sp³-hybridized carbons (Fsp3) is 0.455. The second-order valence-corrected chi connectivity index (χ2v) is 4.13. The average Bonchev–Trinajstić information content (AvgIpc) is 3.12. The number of aromatic nitrogens is 1. The van der Waals surface area contributed by atoms with Crippen LogP contribution in [-0.4, -0.2) is 28.9 Å². The Labute approximate surface area is 94.6 Å². The molecule has 86 valence electrons. The molecular weight excluding hydrogens is 204 g/mol. The van der Waals surface area contributed by atoms with Crippen molar-refractivity contribution in [3.8, 4) is 0 Å². The van der Waals surface area contributed by atoms with Gasteiger partial charge in [0.15, 0.2) is 0 Å². The van der Waals surface area contributed by atoms with Gasteiger partial charge in [0.2, 0.25) is 0 Å². The first-order valence-corrected chi connectivity index (χ1v) is 5.38. The molecule has 1 saturated carbocycles. The second kappa shape index (κ2) is 4.59.